The second-order valence-corrected chi connectivity index (χ2v) is 4.28. The molecule has 0 unspecified atom stereocenters. The van der Waals surface area contributed by atoms with Crippen molar-refractivity contribution in [1.82, 2.24) is 0 Å². The quantitative estimate of drug-likeness (QED) is 0.514. The average Bonchev–Trinajstić information content (AvgIpc) is 2.72. The Morgan fingerprint density at radius 3 is 2.00 bits per heavy atom. The van der Waals surface area contributed by atoms with Crippen molar-refractivity contribution in [3.8, 4) is 0 Å². The predicted octanol–water partition coefficient (Wildman–Crippen LogP) is 2.39. The van der Waals surface area contributed by atoms with Crippen LogP contribution in [0.5, 0.6) is 0 Å². The summed E-state index contributed by atoms with van der Waals surface area (Å²) in [5.41, 5.74) is 0.446. The Hall–Kier alpha value is 0.250. The largest absolute Gasteiger partial charge is 0.369 e. The molecule has 1 spiro atoms. The summed E-state index contributed by atoms with van der Waals surface area (Å²) in [7, 11) is 0. The Balaban J connectivity index is 0.000000480. The SMILES string of the molecule is C1CC2CCC1C[C@]21CO1.Cl. The van der Waals surface area contributed by atoms with E-state index in [4.69, 9.17) is 4.74 Å². The number of ether oxygens (including phenoxy) is 1. The van der Waals surface area contributed by atoms with Gasteiger partial charge in [0, 0.05) is 0 Å². The lowest BCUT2D eigenvalue weighted by molar-refractivity contribution is 0.0614. The van der Waals surface area contributed by atoms with Gasteiger partial charge in [-0.3, -0.25) is 0 Å². The number of rotatable bonds is 0. The molecular weight excluding hydrogens is 160 g/mol. The first-order valence-electron chi connectivity index (χ1n) is 4.53. The van der Waals surface area contributed by atoms with Crippen molar-refractivity contribution in [2.75, 3.05) is 6.61 Å². The van der Waals surface area contributed by atoms with Crippen LogP contribution in [0.1, 0.15) is 32.1 Å². The van der Waals surface area contributed by atoms with Crippen LogP contribution >= 0.6 is 12.4 Å². The molecule has 11 heavy (non-hydrogen) atoms. The van der Waals surface area contributed by atoms with Crippen LogP contribution in [-0.4, -0.2) is 12.2 Å². The average molecular weight is 175 g/mol. The molecule has 0 aromatic heterocycles. The molecule has 0 N–H and O–H groups in total. The first-order valence-corrected chi connectivity index (χ1v) is 4.53. The van der Waals surface area contributed by atoms with Crippen LogP contribution in [0.15, 0.2) is 0 Å². The van der Waals surface area contributed by atoms with Gasteiger partial charge in [-0.15, -0.1) is 12.4 Å². The van der Waals surface area contributed by atoms with Crippen molar-refractivity contribution in [3.05, 3.63) is 0 Å². The third-order valence-electron chi connectivity index (χ3n) is 3.74. The van der Waals surface area contributed by atoms with Gasteiger partial charge in [0.05, 0.1) is 12.2 Å². The Morgan fingerprint density at radius 1 is 1.09 bits per heavy atom. The summed E-state index contributed by atoms with van der Waals surface area (Å²) in [6.07, 6.45) is 7.32. The molecule has 64 valence electrons. The maximum atomic E-state index is 5.57. The topological polar surface area (TPSA) is 12.5 Å². The molecule has 1 heterocycles. The van der Waals surface area contributed by atoms with Crippen LogP contribution in [0, 0.1) is 11.8 Å². The molecule has 1 aliphatic heterocycles. The van der Waals surface area contributed by atoms with Gasteiger partial charge in [-0.05, 0) is 43.9 Å². The van der Waals surface area contributed by atoms with Crippen molar-refractivity contribution in [1.29, 1.82) is 0 Å². The molecule has 1 nitrogen and oxygen atoms in total. The van der Waals surface area contributed by atoms with E-state index in [0.717, 1.165) is 18.4 Å². The summed E-state index contributed by atoms with van der Waals surface area (Å²) in [6, 6.07) is 0. The Kier molecular flexibility index (Phi) is 1.69. The van der Waals surface area contributed by atoms with Gasteiger partial charge >= 0.3 is 0 Å². The summed E-state index contributed by atoms with van der Waals surface area (Å²) in [5.74, 6) is 1.99. The number of halogens is 1. The highest BCUT2D eigenvalue weighted by atomic mass is 35.5. The van der Waals surface area contributed by atoms with E-state index in [9.17, 15) is 0 Å². The van der Waals surface area contributed by atoms with Gasteiger partial charge < -0.3 is 4.74 Å². The van der Waals surface area contributed by atoms with Crippen molar-refractivity contribution in [2.45, 2.75) is 37.7 Å². The first-order chi connectivity index (χ1) is 4.89. The molecule has 3 aliphatic carbocycles. The van der Waals surface area contributed by atoms with Gasteiger partial charge in [0.15, 0.2) is 0 Å². The molecule has 1 saturated heterocycles. The Morgan fingerprint density at radius 2 is 1.73 bits per heavy atom. The monoisotopic (exact) mass is 174 g/mol. The van der Waals surface area contributed by atoms with E-state index in [2.05, 4.69) is 0 Å². The summed E-state index contributed by atoms with van der Waals surface area (Å²) >= 11 is 0. The van der Waals surface area contributed by atoms with E-state index in [1.165, 1.54) is 32.1 Å². The third kappa shape index (κ3) is 1.01. The van der Waals surface area contributed by atoms with Crippen LogP contribution < -0.4 is 0 Å². The highest BCUT2D eigenvalue weighted by Gasteiger charge is 2.56. The molecule has 2 heteroatoms. The summed E-state index contributed by atoms with van der Waals surface area (Å²) in [4.78, 5) is 0. The molecule has 3 saturated carbocycles. The van der Waals surface area contributed by atoms with Crippen molar-refractivity contribution < 1.29 is 4.74 Å². The Labute approximate surface area is 73.9 Å². The fraction of sp³-hybridized carbons (Fsp3) is 1.00. The minimum Gasteiger partial charge on any atom is -0.369 e. The third-order valence-corrected chi connectivity index (χ3v) is 3.74. The molecular formula is C9H15ClO. The highest BCUT2D eigenvalue weighted by molar-refractivity contribution is 5.85. The van der Waals surface area contributed by atoms with Crippen molar-refractivity contribution >= 4 is 12.4 Å². The molecule has 0 amide bonds. The number of fused-ring (bicyclic) bond motifs is 2. The number of hydrogen-bond acceptors (Lipinski definition) is 1. The van der Waals surface area contributed by atoms with Crippen LogP contribution in [0.2, 0.25) is 0 Å². The van der Waals surface area contributed by atoms with Gasteiger partial charge in [0.2, 0.25) is 0 Å². The fourth-order valence-electron chi connectivity index (χ4n) is 2.99. The second kappa shape index (κ2) is 2.37. The molecule has 4 aliphatic rings. The molecule has 0 radical (unpaired) electrons. The Bertz CT molecular complexity index is 157. The van der Waals surface area contributed by atoms with Crippen LogP contribution in [0.25, 0.3) is 0 Å². The van der Waals surface area contributed by atoms with Gasteiger partial charge in [-0.1, -0.05) is 0 Å². The van der Waals surface area contributed by atoms with Crippen LogP contribution in [-0.2, 0) is 4.74 Å². The maximum absolute atomic E-state index is 5.57. The number of hydrogen-bond donors (Lipinski definition) is 0. The van der Waals surface area contributed by atoms with Gasteiger partial charge in [-0.2, -0.15) is 0 Å². The van der Waals surface area contributed by atoms with Gasteiger partial charge in [0.1, 0.15) is 0 Å². The smallest absolute Gasteiger partial charge is 0.0947 e. The molecule has 4 rings (SSSR count). The minimum absolute atomic E-state index is 0. The first kappa shape index (κ1) is 7.88. The van der Waals surface area contributed by atoms with E-state index in [1.807, 2.05) is 0 Å². The van der Waals surface area contributed by atoms with E-state index in [-0.39, 0.29) is 12.4 Å². The zero-order valence-corrected chi connectivity index (χ0v) is 7.53. The van der Waals surface area contributed by atoms with E-state index >= 15 is 0 Å². The van der Waals surface area contributed by atoms with Gasteiger partial charge in [-0.25, -0.2) is 0 Å². The minimum atomic E-state index is 0. The second-order valence-electron chi connectivity index (χ2n) is 4.28. The zero-order chi connectivity index (χ0) is 6.60. The van der Waals surface area contributed by atoms with E-state index < -0.39 is 0 Å². The normalized spacial score (nSPS) is 52.4. The molecule has 4 fully saturated rings. The standard InChI is InChI=1S/C9H14O.ClH/c1-3-8-4-2-7(1)5-9(8)6-10-9;/h7-8H,1-6H2;1H/t7?,8?,9-;/m0./s1. The van der Waals surface area contributed by atoms with Crippen molar-refractivity contribution in [2.24, 2.45) is 11.8 Å². The lowest BCUT2D eigenvalue weighted by atomic mass is 9.65. The lowest BCUT2D eigenvalue weighted by Crippen LogP contribution is -2.37. The summed E-state index contributed by atoms with van der Waals surface area (Å²) < 4.78 is 5.57. The summed E-state index contributed by atoms with van der Waals surface area (Å²) in [6.45, 7) is 1.09. The molecule has 1 atom stereocenters. The predicted molar refractivity (Wildman–Crippen MR) is 46.0 cm³/mol. The molecule has 2 bridgehead atoms. The highest BCUT2D eigenvalue weighted by Crippen LogP contribution is 2.55. The molecule has 0 aromatic carbocycles. The van der Waals surface area contributed by atoms with Crippen molar-refractivity contribution in [3.63, 3.8) is 0 Å². The van der Waals surface area contributed by atoms with Crippen LogP contribution in [0.3, 0.4) is 0 Å². The fourth-order valence-corrected chi connectivity index (χ4v) is 2.99. The summed E-state index contributed by atoms with van der Waals surface area (Å²) in [5, 5.41) is 0. The van der Waals surface area contributed by atoms with E-state index in [1.54, 1.807) is 0 Å². The van der Waals surface area contributed by atoms with Crippen LogP contribution in [0.4, 0.5) is 0 Å². The zero-order valence-electron chi connectivity index (χ0n) is 6.71. The lowest BCUT2D eigenvalue weighted by Gasteiger charge is -2.40. The van der Waals surface area contributed by atoms with Gasteiger partial charge in [0.25, 0.3) is 0 Å². The van der Waals surface area contributed by atoms with E-state index in [0.29, 0.717) is 5.60 Å². The number of epoxide rings is 1. The maximum Gasteiger partial charge on any atom is 0.0947 e. The molecule has 0 aromatic rings.